The van der Waals surface area contributed by atoms with Crippen molar-refractivity contribution in [1.82, 2.24) is 0 Å². The maximum absolute atomic E-state index is 12.3. The van der Waals surface area contributed by atoms with Gasteiger partial charge in [0.05, 0.1) is 5.92 Å². The SMILES string of the molecule is CSc1cccc(NC(=O)COC(=O)C2CC3CCCC(C2)C3=O)c1. The molecule has 2 saturated carbocycles. The number of amides is 1. The Labute approximate surface area is 151 Å². The minimum Gasteiger partial charge on any atom is -0.455 e. The molecule has 0 aromatic heterocycles. The molecule has 2 atom stereocenters. The van der Waals surface area contributed by atoms with Gasteiger partial charge in [-0.15, -0.1) is 11.8 Å². The van der Waals surface area contributed by atoms with Crippen LogP contribution in [0.1, 0.15) is 32.1 Å². The standard InChI is InChI=1S/C19H23NO4S/c1-25-16-7-3-6-15(10-16)20-17(21)11-24-19(23)14-8-12-4-2-5-13(9-14)18(12)22/h3,6-7,10,12-14H,2,4-5,8-9,11H2,1H3,(H,20,21). The minimum atomic E-state index is -0.350. The smallest absolute Gasteiger partial charge is 0.309 e. The fraction of sp³-hybridized carbons (Fsp3) is 0.526. The van der Waals surface area contributed by atoms with Gasteiger partial charge in [-0.3, -0.25) is 14.4 Å². The molecule has 1 N–H and O–H groups in total. The Kier molecular flexibility index (Phi) is 5.78. The summed E-state index contributed by atoms with van der Waals surface area (Å²) in [6, 6.07) is 7.50. The van der Waals surface area contributed by atoms with Gasteiger partial charge < -0.3 is 10.1 Å². The molecule has 0 aliphatic heterocycles. The highest BCUT2D eigenvalue weighted by atomic mass is 32.2. The summed E-state index contributed by atoms with van der Waals surface area (Å²) in [6.07, 6.45) is 5.95. The van der Waals surface area contributed by atoms with Gasteiger partial charge >= 0.3 is 5.97 Å². The lowest BCUT2D eigenvalue weighted by Gasteiger charge is -2.36. The van der Waals surface area contributed by atoms with Gasteiger partial charge in [-0.25, -0.2) is 0 Å². The summed E-state index contributed by atoms with van der Waals surface area (Å²) in [5.41, 5.74) is 0.686. The third-order valence-corrected chi connectivity index (χ3v) is 5.81. The summed E-state index contributed by atoms with van der Waals surface area (Å²) in [4.78, 5) is 37.4. The summed E-state index contributed by atoms with van der Waals surface area (Å²) in [5.74, 6) is -0.611. The first-order valence-electron chi connectivity index (χ1n) is 8.71. The van der Waals surface area contributed by atoms with Crippen LogP contribution in [0.2, 0.25) is 0 Å². The van der Waals surface area contributed by atoms with Crippen molar-refractivity contribution >= 4 is 35.1 Å². The van der Waals surface area contributed by atoms with Crippen LogP contribution in [-0.4, -0.2) is 30.5 Å². The fourth-order valence-electron chi connectivity index (χ4n) is 3.82. The van der Waals surface area contributed by atoms with Crippen molar-refractivity contribution < 1.29 is 19.1 Å². The third kappa shape index (κ3) is 4.42. The Morgan fingerprint density at radius 1 is 1.24 bits per heavy atom. The van der Waals surface area contributed by atoms with E-state index in [0.717, 1.165) is 24.2 Å². The molecule has 3 rings (SSSR count). The first kappa shape index (κ1) is 18.0. The number of carbonyl (C=O) groups excluding carboxylic acids is 3. The van der Waals surface area contributed by atoms with E-state index in [2.05, 4.69) is 5.32 Å². The predicted molar refractivity (Wildman–Crippen MR) is 96.4 cm³/mol. The lowest BCUT2D eigenvalue weighted by atomic mass is 9.67. The number of nitrogens with one attached hydrogen (secondary N) is 1. The highest BCUT2D eigenvalue weighted by molar-refractivity contribution is 7.98. The third-order valence-electron chi connectivity index (χ3n) is 5.08. The summed E-state index contributed by atoms with van der Waals surface area (Å²) in [5, 5.41) is 2.74. The molecule has 5 nitrogen and oxygen atoms in total. The van der Waals surface area contributed by atoms with Crippen molar-refractivity contribution in [3.8, 4) is 0 Å². The molecule has 2 bridgehead atoms. The van der Waals surface area contributed by atoms with Crippen LogP contribution in [0.25, 0.3) is 0 Å². The topological polar surface area (TPSA) is 72.5 Å². The van der Waals surface area contributed by atoms with Crippen molar-refractivity contribution in [3.05, 3.63) is 24.3 Å². The number of hydrogen-bond acceptors (Lipinski definition) is 5. The van der Waals surface area contributed by atoms with Crippen molar-refractivity contribution in [2.24, 2.45) is 17.8 Å². The van der Waals surface area contributed by atoms with Gasteiger partial charge in [-0.05, 0) is 50.1 Å². The van der Waals surface area contributed by atoms with Gasteiger partial charge in [-0.2, -0.15) is 0 Å². The maximum Gasteiger partial charge on any atom is 0.309 e. The second-order valence-corrected chi connectivity index (χ2v) is 7.66. The quantitative estimate of drug-likeness (QED) is 0.644. The second-order valence-electron chi connectivity index (χ2n) is 6.78. The minimum absolute atomic E-state index is 0.00756. The predicted octanol–water partition coefficient (Wildman–Crippen LogP) is 3.29. The number of fused-ring (bicyclic) bond motifs is 2. The number of benzene rings is 1. The van der Waals surface area contributed by atoms with Gasteiger partial charge in [-0.1, -0.05) is 12.5 Å². The van der Waals surface area contributed by atoms with Crippen molar-refractivity contribution in [1.29, 1.82) is 0 Å². The van der Waals surface area contributed by atoms with Gasteiger partial charge in [0.1, 0.15) is 5.78 Å². The lowest BCUT2D eigenvalue weighted by Crippen LogP contribution is -2.40. The molecule has 0 saturated heterocycles. The summed E-state index contributed by atoms with van der Waals surface area (Å²) < 4.78 is 5.21. The number of ketones is 1. The van der Waals surface area contributed by atoms with Crippen LogP contribution < -0.4 is 5.32 Å². The molecule has 6 heteroatoms. The zero-order chi connectivity index (χ0) is 17.8. The van der Waals surface area contributed by atoms with Crippen LogP contribution in [-0.2, 0) is 19.1 Å². The monoisotopic (exact) mass is 361 g/mol. The molecule has 0 spiro atoms. The average Bonchev–Trinajstić information content (AvgIpc) is 2.59. The number of hydrogen-bond donors (Lipinski definition) is 1. The van der Waals surface area contributed by atoms with E-state index in [9.17, 15) is 14.4 Å². The molecule has 2 aliphatic rings. The van der Waals surface area contributed by atoms with Gasteiger partial charge in [0.25, 0.3) is 5.91 Å². The van der Waals surface area contributed by atoms with Crippen LogP contribution in [0.4, 0.5) is 5.69 Å². The van der Waals surface area contributed by atoms with Gasteiger partial charge in [0.15, 0.2) is 6.61 Å². The molecule has 134 valence electrons. The molecule has 25 heavy (non-hydrogen) atoms. The average molecular weight is 361 g/mol. The zero-order valence-electron chi connectivity index (χ0n) is 14.3. The van der Waals surface area contributed by atoms with E-state index in [-0.39, 0.29) is 36.2 Å². The maximum atomic E-state index is 12.3. The molecular weight excluding hydrogens is 338 g/mol. The largest absolute Gasteiger partial charge is 0.455 e. The Morgan fingerprint density at radius 3 is 2.64 bits per heavy atom. The number of carbonyl (C=O) groups is 3. The van der Waals surface area contributed by atoms with Crippen LogP contribution in [0.15, 0.2) is 29.2 Å². The number of anilines is 1. The van der Waals surface area contributed by atoms with E-state index in [4.69, 9.17) is 4.74 Å². The number of ether oxygens (including phenoxy) is 1. The molecule has 2 unspecified atom stereocenters. The summed E-state index contributed by atoms with van der Waals surface area (Å²) >= 11 is 1.59. The Bertz CT molecular complexity index is 659. The zero-order valence-corrected chi connectivity index (χ0v) is 15.1. The molecule has 1 aromatic rings. The Morgan fingerprint density at radius 2 is 1.96 bits per heavy atom. The first-order chi connectivity index (χ1) is 12.1. The Balaban J connectivity index is 1.48. The molecule has 0 heterocycles. The lowest BCUT2D eigenvalue weighted by molar-refractivity contribution is -0.155. The molecule has 0 radical (unpaired) electrons. The summed E-state index contributed by atoms with van der Waals surface area (Å²) in [7, 11) is 0. The molecule has 2 aliphatic carbocycles. The molecular formula is C19H23NO4S. The van der Waals surface area contributed by atoms with E-state index in [1.165, 1.54) is 0 Å². The van der Waals surface area contributed by atoms with E-state index < -0.39 is 0 Å². The molecule has 2 fully saturated rings. The number of esters is 1. The van der Waals surface area contributed by atoms with Gasteiger partial charge in [0, 0.05) is 22.4 Å². The van der Waals surface area contributed by atoms with E-state index in [1.807, 2.05) is 24.5 Å². The van der Waals surface area contributed by atoms with Crippen LogP contribution in [0, 0.1) is 17.8 Å². The van der Waals surface area contributed by atoms with Crippen LogP contribution >= 0.6 is 11.8 Å². The molecule has 1 aromatic carbocycles. The fourth-order valence-corrected chi connectivity index (χ4v) is 4.28. The van der Waals surface area contributed by atoms with E-state index in [1.54, 1.807) is 17.8 Å². The van der Waals surface area contributed by atoms with E-state index >= 15 is 0 Å². The first-order valence-corrected chi connectivity index (χ1v) is 9.93. The normalized spacial score (nSPS) is 25.3. The number of Topliss-reactive ketones (excluding diaryl/α,β-unsaturated/α-hetero) is 1. The highest BCUT2D eigenvalue weighted by Gasteiger charge is 2.41. The van der Waals surface area contributed by atoms with Crippen LogP contribution in [0.5, 0.6) is 0 Å². The van der Waals surface area contributed by atoms with Crippen molar-refractivity contribution in [2.45, 2.75) is 37.0 Å². The number of rotatable bonds is 5. The molecule has 1 amide bonds. The van der Waals surface area contributed by atoms with E-state index in [0.29, 0.717) is 24.3 Å². The van der Waals surface area contributed by atoms with Gasteiger partial charge in [0.2, 0.25) is 0 Å². The van der Waals surface area contributed by atoms with Crippen LogP contribution in [0.3, 0.4) is 0 Å². The highest BCUT2D eigenvalue weighted by Crippen LogP contribution is 2.40. The second kappa shape index (κ2) is 8.04. The van der Waals surface area contributed by atoms with Crippen molar-refractivity contribution in [3.63, 3.8) is 0 Å². The number of thioether (sulfide) groups is 1. The Hall–Kier alpha value is -1.82. The van der Waals surface area contributed by atoms with Crippen molar-refractivity contribution in [2.75, 3.05) is 18.2 Å². The summed E-state index contributed by atoms with van der Waals surface area (Å²) in [6.45, 7) is -0.290.